The molecule has 0 unspecified atom stereocenters. The second-order valence-corrected chi connectivity index (χ2v) is 5.35. The standard InChI is InChI=1S/C15H26O/c1-5-7-8-9-11-15(10-6-2)13(3)14(15,4)12-16/h6,16H,2-3,5,7-12H2,1,4H3/t14-,15-/m0/s1. The van der Waals surface area contributed by atoms with Crippen molar-refractivity contribution in [3.8, 4) is 0 Å². The van der Waals surface area contributed by atoms with Gasteiger partial charge >= 0.3 is 0 Å². The molecule has 0 heterocycles. The Hall–Kier alpha value is -0.560. The summed E-state index contributed by atoms with van der Waals surface area (Å²) in [5, 5.41) is 9.51. The summed E-state index contributed by atoms with van der Waals surface area (Å²) in [4.78, 5) is 0. The van der Waals surface area contributed by atoms with Crippen molar-refractivity contribution in [3.63, 3.8) is 0 Å². The molecule has 92 valence electrons. The highest BCUT2D eigenvalue weighted by atomic mass is 16.3. The van der Waals surface area contributed by atoms with Gasteiger partial charge in [0.15, 0.2) is 0 Å². The van der Waals surface area contributed by atoms with E-state index in [9.17, 15) is 5.11 Å². The summed E-state index contributed by atoms with van der Waals surface area (Å²) >= 11 is 0. The van der Waals surface area contributed by atoms with Gasteiger partial charge in [0, 0.05) is 10.8 Å². The molecule has 0 bridgehead atoms. The van der Waals surface area contributed by atoms with Crippen molar-refractivity contribution in [2.75, 3.05) is 6.61 Å². The molecule has 1 heteroatoms. The Balaban J connectivity index is 2.56. The average molecular weight is 222 g/mol. The molecule has 1 saturated carbocycles. The normalized spacial score (nSPS) is 32.8. The van der Waals surface area contributed by atoms with Crippen LogP contribution in [0.4, 0.5) is 0 Å². The molecule has 0 amide bonds. The van der Waals surface area contributed by atoms with E-state index in [1.54, 1.807) is 0 Å². The molecule has 1 rings (SSSR count). The molecule has 0 saturated heterocycles. The third kappa shape index (κ3) is 1.98. The summed E-state index contributed by atoms with van der Waals surface area (Å²) in [5.74, 6) is 0. The van der Waals surface area contributed by atoms with Gasteiger partial charge in [-0.25, -0.2) is 0 Å². The lowest BCUT2D eigenvalue weighted by Crippen LogP contribution is -2.14. The molecule has 2 atom stereocenters. The predicted molar refractivity (Wildman–Crippen MR) is 70.3 cm³/mol. The Labute approximate surface area is 100 Å². The summed E-state index contributed by atoms with van der Waals surface area (Å²) < 4.78 is 0. The van der Waals surface area contributed by atoms with E-state index in [0.717, 1.165) is 12.8 Å². The first kappa shape index (κ1) is 13.5. The van der Waals surface area contributed by atoms with Crippen molar-refractivity contribution in [2.45, 2.75) is 52.4 Å². The Kier molecular flexibility index (Phi) is 4.37. The van der Waals surface area contributed by atoms with E-state index < -0.39 is 0 Å². The molecule has 0 aromatic carbocycles. The molecule has 16 heavy (non-hydrogen) atoms. The second-order valence-electron chi connectivity index (χ2n) is 5.35. The van der Waals surface area contributed by atoms with Crippen LogP contribution in [0.25, 0.3) is 0 Å². The van der Waals surface area contributed by atoms with Crippen molar-refractivity contribution in [3.05, 3.63) is 24.8 Å². The van der Waals surface area contributed by atoms with Crippen molar-refractivity contribution >= 4 is 0 Å². The van der Waals surface area contributed by atoms with Gasteiger partial charge in [0.25, 0.3) is 0 Å². The fourth-order valence-corrected chi connectivity index (χ4v) is 3.04. The van der Waals surface area contributed by atoms with Crippen LogP contribution in [0, 0.1) is 10.8 Å². The molecule has 1 nitrogen and oxygen atoms in total. The number of unbranched alkanes of at least 4 members (excludes halogenated alkanes) is 3. The van der Waals surface area contributed by atoms with E-state index in [1.807, 2.05) is 6.08 Å². The summed E-state index contributed by atoms with van der Waals surface area (Å²) in [7, 11) is 0. The largest absolute Gasteiger partial charge is 0.395 e. The number of hydrogen-bond donors (Lipinski definition) is 1. The Morgan fingerprint density at radius 3 is 2.44 bits per heavy atom. The van der Waals surface area contributed by atoms with Crippen molar-refractivity contribution < 1.29 is 5.11 Å². The smallest absolute Gasteiger partial charge is 0.0530 e. The lowest BCUT2D eigenvalue weighted by Gasteiger charge is -2.18. The Morgan fingerprint density at radius 2 is 2.00 bits per heavy atom. The highest BCUT2D eigenvalue weighted by Crippen LogP contribution is 2.72. The zero-order chi connectivity index (χ0) is 12.2. The van der Waals surface area contributed by atoms with E-state index in [0.29, 0.717) is 0 Å². The third-order valence-electron chi connectivity index (χ3n) is 4.50. The molecule has 1 fully saturated rings. The van der Waals surface area contributed by atoms with Gasteiger partial charge in [0.1, 0.15) is 0 Å². The average Bonchev–Trinajstić information content (AvgIpc) is 2.74. The Bertz CT molecular complexity index is 269. The van der Waals surface area contributed by atoms with E-state index in [4.69, 9.17) is 0 Å². The maximum absolute atomic E-state index is 9.51. The van der Waals surface area contributed by atoms with Gasteiger partial charge in [-0.2, -0.15) is 0 Å². The van der Waals surface area contributed by atoms with Gasteiger partial charge in [0.05, 0.1) is 6.61 Å². The van der Waals surface area contributed by atoms with E-state index >= 15 is 0 Å². The van der Waals surface area contributed by atoms with E-state index in [1.165, 1.54) is 31.3 Å². The zero-order valence-corrected chi connectivity index (χ0v) is 10.9. The molecule has 1 aliphatic carbocycles. The van der Waals surface area contributed by atoms with Crippen LogP contribution < -0.4 is 0 Å². The van der Waals surface area contributed by atoms with E-state index in [-0.39, 0.29) is 17.4 Å². The second kappa shape index (κ2) is 5.18. The minimum Gasteiger partial charge on any atom is -0.395 e. The van der Waals surface area contributed by atoms with Crippen LogP contribution >= 0.6 is 0 Å². The van der Waals surface area contributed by atoms with Crippen molar-refractivity contribution in [1.29, 1.82) is 0 Å². The van der Waals surface area contributed by atoms with Crippen molar-refractivity contribution in [1.82, 2.24) is 0 Å². The monoisotopic (exact) mass is 222 g/mol. The lowest BCUT2D eigenvalue weighted by molar-refractivity contribution is 0.179. The first-order valence-electron chi connectivity index (χ1n) is 6.50. The van der Waals surface area contributed by atoms with Crippen LogP contribution in [0.2, 0.25) is 0 Å². The maximum Gasteiger partial charge on any atom is 0.0530 e. The molecule has 0 aromatic heterocycles. The molecular formula is C15H26O. The Morgan fingerprint density at radius 1 is 1.31 bits per heavy atom. The summed E-state index contributed by atoms with van der Waals surface area (Å²) in [6.07, 6.45) is 9.23. The quantitative estimate of drug-likeness (QED) is 0.484. The first-order chi connectivity index (χ1) is 7.59. The van der Waals surface area contributed by atoms with Crippen molar-refractivity contribution in [2.24, 2.45) is 10.8 Å². The van der Waals surface area contributed by atoms with Gasteiger partial charge in [-0.3, -0.25) is 0 Å². The van der Waals surface area contributed by atoms with Gasteiger partial charge in [-0.1, -0.05) is 57.8 Å². The number of hydrogen-bond acceptors (Lipinski definition) is 1. The molecule has 0 spiro atoms. The van der Waals surface area contributed by atoms with Crippen LogP contribution in [-0.4, -0.2) is 11.7 Å². The molecule has 1 N–H and O–H groups in total. The lowest BCUT2D eigenvalue weighted by atomic mass is 9.86. The molecule has 1 aliphatic rings. The summed E-state index contributed by atoms with van der Waals surface area (Å²) in [6.45, 7) is 12.6. The highest BCUT2D eigenvalue weighted by molar-refractivity contribution is 5.43. The fourth-order valence-electron chi connectivity index (χ4n) is 3.04. The predicted octanol–water partition coefficient (Wildman–Crippen LogP) is 4.09. The van der Waals surface area contributed by atoms with Crippen LogP contribution in [0.1, 0.15) is 52.4 Å². The molecule has 0 aliphatic heterocycles. The number of aliphatic hydroxyl groups excluding tert-OH is 1. The number of allylic oxidation sites excluding steroid dienone is 1. The van der Waals surface area contributed by atoms with Gasteiger partial charge in [-0.05, 0) is 12.8 Å². The van der Waals surface area contributed by atoms with Crippen LogP contribution in [0.5, 0.6) is 0 Å². The van der Waals surface area contributed by atoms with Crippen LogP contribution in [0.15, 0.2) is 24.8 Å². The third-order valence-corrected chi connectivity index (χ3v) is 4.50. The zero-order valence-electron chi connectivity index (χ0n) is 10.9. The molecule has 0 radical (unpaired) electrons. The minimum atomic E-state index is -0.0482. The summed E-state index contributed by atoms with van der Waals surface area (Å²) in [5.41, 5.74) is 1.34. The van der Waals surface area contributed by atoms with E-state index in [2.05, 4.69) is 27.0 Å². The topological polar surface area (TPSA) is 20.2 Å². The SMILES string of the molecule is C=CC[C@]1(CCCCCC)C(=C)[C@]1(C)CO. The number of aliphatic hydroxyl groups is 1. The maximum atomic E-state index is 9.51. The van der Waals surface area contributed by atoms with Crippen LogP contribution in [-0.2, 0) is 0 Å². The van der Waals surface area contributed by atoms with Gasteiger partial charge < -0.3 is 5.11 Å². The highest BCUT2D eigenvalue weighted by Gasteiger charge is 2.66. The summed E-state index contributed by atoms with van der Waals surface area (Å²) in [6, 6.07) is 0. The van der Waals surface area contributed by atoms with Gasteiger partial charge in [0.2, 0.25) is 0 Å². The number of rotatable bonds is 8. The van der Waals surface area contributed by atoms with Gasteiger partial charge in [-0.15, -0.1) is 6.58 Å². The minimum absolute atomic E-state index is 0.0482. The fraction of sp³-hybridized carbons (Fsp3) is 0.733. The molecular weight excluding hydrogens is 196 g/mol. The first-order valence-corrected chi connectivity index (χ1v) is 6.50. The van der Waals surface area contributed by atoms with Crippen LogP contribution in [0.3, 0.4) is 0 Å². The molecule has 0 aromatic rings.